The van der Waals surface area contributed by atoms with Gasteiger partial charge < -0.3 is 5.32 Å². The molecule has 140 valence electrons. The lowest BCUT2D eigenvalue weighted by Crippen LogP contribution is -2.24. The van der Waals surface area contributed by atoms with Crippen LogP contribution in [0.3, 0.4) is 0 Å². The number of anilines is 1. The number of aromatic nitrogens is 2. The average molecular weight is 446 g/mol. The first-order valence-corrected chi connectivity index (χ1v) is 10.4. The minimum absolute atomic E-state index is 0.0789. The Bertz CT molecular complexity index is 1050. The number of nitrogens with zero attached hydrogens (tertiary/aromatic N) is 2. The fourth-order valence-electron chi connectivity index (χ4n) is 2.75. The molecule has 0 fully saturated rings. The maximum Gasteiger partial charge on any atom is 0.262 e. The normalized spacial score (nSPS) is 10.9. The van der Waals surface area contributed by atoms with Crippen LogP contribution in [0, 0.1) is 6.92 Å². The Kier molecular flexibility index (Phi) is 6.34. The van der Waals surface area contributed by atoms with E-state index >= 15 is 0 Å². The van der Waals surface area contributed by atoms with Gasteiger partial charge in [0.2, 0.25) is 5.91 Å². The van der Waals surface area contributed by atoms with Gasteiger partial charge in [-0.2, -0.15) is 0 Å². The van der Waals surface area contributed by atoms with Gasteiger partial charge in [-0.15, -0.1) is 0 Å². The van der Waals surface area contributed by atoms with Crippen molar-refractivity contribution in [2.75, 3.05) is 11.1 Å². The zero-order chi connectivity index (χ0) is 19.4. The van der Waals surface area contributed by atoms with E-state index in [2.05, 4.69) is 26.2 Å². The molecule has 0 spiro atoms. The Labute approximate surface area is 170 Å². The van der Waals surface area contributed by atoms with Crippen LogP contribution in [0.5, 0.6) is 0 Å². The largest absolute Gasteiger partial charge is 0.325 e. The van der Waals surface area contributed by atoms with Crippen molar-refractivity contribution in [3.05, 3.63) is 62.9 Å². The summed E-state index contributed by atoms with van der Waals surface area (Å²) in [6.07, 6.45) is 0.810. The number of carbonyl (C=O) groups excluding carboxylic acids is 1. The van der Waals surface area contributed by atoms with Crippen LogP contribution < -0.4 is 10.9 Å². The second-order valence-electron chi connectivity index (χ2n) is 6.22. The zero-order valence-electron chi connectivity index (χ0n) is 15.2. The van der Waals surface area contributed by atoms with Crippen molar-refractivity contribution in [3.63, 3.8) is 0 Å². The first-order valence-electron chi connectivity index (χ1n) is 8.67. The summed E-state index contributed by atoms with van der Waals surface area (Å²) in [6.45, 7) is 4.55. The number of carbonyl (C=O) groups is 1. The molecular formula is C20H20BrN3O2S. The number of rotatable bonds is 6. The maximum atomic E-state index is 12.9. The van der Waals surface area contributed by atoms with Crippen molar-refractivity contribution in [2.45, 2.75) is 32.0 Å². The standard InChI is InChI=1S/C20H20BrN3O2S/c1-3-9-24-19(26)16-11-14(21)7-8-17(16)23-20(24)27-12-18(25)22-15-6-4-5-13(2)10-15/h4-8,10-11H,3,9,12H2,1-2H3,(H,22,25). The van der Waals surface area contributed by atoms with E-state index in [0.717, 1.165) is 22.1 Å². The van der Waals surface area contributed by atoms with Crippen LogP contribution in [-0.2, 0) is 11.3 Å². The van der Waals surface area contributed by atoms with Crippen molar-refractivity contribution in [2.24, 2.45) is 0 Å². The fourth-order valence-corrected chi connectivity index (χ4v) is 3.94. The summed E-state index contributed by atoms with van der Waals surface area (Å²) in [5, 5.41) is 4.02. The minimum Gasteiger partial charge on any atom is -0.325 e. The molecule has 0 aliphatic heterocycles. The van der Waals surface area contributed by atoms with E-state index in [1.165, 1.54) is 11.8 Å². The van der Waals surface area contributed by atoms with Crippen molar-refractivity contribution in [3.8, 4) is 0 Å². The maximum absolute atomic E-state index is 12.9. The lowest BCUT2D eigenvalue weighted by atomic mass is 10.2. The molecule has 7 heteroatoms. The molecule has 1 heterocycles. The molecule has 1 N–H and O–H groups in total. The molecule has 27 heavy (non-hydrogen) atoms. The average Bonchev–Trinajstić information content (AvgIpc) is 2.63. The number of nitrogens with one attached hydrogen (secondary N) is 1. The summed E-state index contributed by atoms with van der Waals surface area (Å²) >= 11 is 4.68. The molecule has 0 saturated carbocycles. The number of hydrogen-bond acceptors (Lipinski definition) is 4. The van der Waals surface area contributed by atoms with E-state index < -0.39 is 0 Å². The van der Waals surface area contributed by atoms with Gasteiger partial charge in [0.15, 0.2) is 5.16 Å². The molecule has 1 amide bonds. The van der Waals surface area contributed by atoms with Gasteiger partial charge in [-0.25, -0.2) is 4.98 Å². The van der Waals surface area contributed by atoms with E-state index in [1.807, 2.05) is 50.2 Å². The van der Waals surface area contributed by atoms with E-state index in [4.69, 9.17) is 0 Å². The van der Waals surface area contributed by atoms with Crippen LogP contribution in [0.15, 0.2) is 56.9 Å². The number of amides is 1. The quantitative estimate of drug-likeness (QED) is 0.444. The first-order chi connectivity index (χ1) is 13.0. The van der Waals surface area contributed by atoms with Gasteiger partial charge in [-0.05, 0) is 49.2 Å². The number of thioether (sulfide) groups is 1. The van der Waals surface area contributed by atoms with Gasteiger partial charge in [0.1, 0.15) is 0 Å². The molecule has 0 unspecified atom stereocenters. The minimum atomic E-state index is -0.126. The van der Waals surface area contributed by atoms with Crippen LogP contribution in [0.1, 0.15) is 18.9 Å². The number of benzene rings is 2. The third kappa shape index (κ3) is 4.78. The van der Waals surface area contributed by atoms with E-state index in [0.29, 0.717) is 22.6 Å². The third-order valence-electron chi connectivity index (χ3n) is 3.96. The smallest absolute Gasteiger partial charge is 0.262 e. The Morgan fingerprint density at radius 3 is 2.81 bits per heavy atom. The topological polar surface area (TPSA) is 64.0 Å². The van der Waals surface area contributed by atoms with Gasteiger partial charge in [-0.1, -0.05) is 46.7 Å². The van der Waals surface area contributed by atoms with Crippen molar-refractivity contribution >= 4 is 50.2 Å². The van der Waals surface area contributed by atoms with Crippen LogP contribution >= 0.6 is 27.7 Å². The van der Waals surface area contributed by atoms with Gasteiger partial charge >= 0.3 is 0 Å². The lowest BCUT2D eigenvalue weighted by Gasteiger charge is -2.12. The first kappa shape index (κ1) is 19.6. The molecule has 3 aromatic rings. The summed E-state index contributed by atoms with van der Waals surface area (Å²) < 4.78 is 2.49. The molecule has 3 rings (SSSR count). The highest BCUT2D eigenvalue weighted by Crippen LogP contribution is 2.21. The monoisotopic (exact) mass is 445 g/mol. The number of halogens is 1. The Morgan fingerprint density at radius 2 is 2.07 bits per heavy atom. The van der Waals surface area contributed by atoms with Crippen molar-refractivity contribution in [1.82, 2.24) is 9.55 Å². The lowest BCUT2D eigenvalue weighted by molar-refractivity contribution is -0.113. The third-order valence-corrected chi connectivity index (χ3v) is 5.43. The SMILES string of the molecule is CCCn1c(SCC(=O)Nc2cccc(C)c2)nc2ccc(Br)cc2c1=O. The Morgan fingerprint density at radius 1 is 1.26 bits per heavy atom. The summed E-state index contributed by atoms with van der Waals surface area (Å²) in [4.78, 5) is 29.8. The summed E-state index contributed by atoms with van der Waals surface area (Å²) in [5.74, 6) is 0.0605. The molecule has 0 atom stereocenters. The van der Waals surface area contributed by atoms with Gasteiger partial charge in [0.05, 0.1) is 16.7 Å². The fraction of sp³-hybridized carbons (Fsp3) is 0.250. The van der Waals surface area contributed by atoms with Crippen LogP contribution in [-0.4, -0.2) is 21.2 Å². The molecule has 2 aromatic carbocycles. The van der Waals surface area contributed by atoms with Crippen molar-refractivity contribution in [1.29, 1.82) is 0 Å². The molecule has 0 aliphatic rings. The Hall–Kier alpha value is -2.12. The van der Waals surface area contributed by atoms with Crippen LogP contribution in [0.4, 0.5) is 5.69 Å². The van der Waals surface area contributed by atoms with Crippen LogP contribution in [0.25, 0.3) is 10.9 Å². The van der Waals surface area contributed by atoms with Crippen LogP contribution in [0.2, 0.25) is 0 Å². The predicted octanol–water partition coefficient (Wildman–Crippen LogP) is 4.61. The van der Waals surface area contributed by atoms with E-state index in [-0.39, 0.29) is 17.2 Å². The number of fused-ring (bicyclic) bond motifs is 1. The summed E-state index contributed by atoms with van der Waals surface area (Å²) in [6, 6.07) is 13.1. The Balaban J connectivity index is 1.83. The van der Waals surface area contributed by atoms with Crippen molar-refractivity contribution < 1.29 is 4.79 Å². The van der Waals surface area contributed by atoms with Gasteiger partial charge in [-0.3, -0.25) is 14.2 Å². The highest BCUT2D eigenvalue weighted by molar-refractivity contribution is 9.10. The molecular weight excluding hydrogens is 426 g/mol. The van der Waals surface area contributed by atoms with Gasteiger partial charge in [0, 0.05) is 16.7 Å². The predicted molar refractivity (Wildman–Crippen MR) is 115 cm³/mol. The zero-order valence-corrected chi connectivity index (χ0v) is 17.6. The van der Waals surface area contributed by atoms with E-state index in [1.54, 1.807) is 10.6 Å². The van der Waals surface area contributed by atoms with E-state index in [9.17, 15) is 9.59 Å². The molecule has 0 saturated heterocycles. The molecule has 1 aromatic heterocycles. The highest BCUT2D eigenvalue weighted by atomic mass is 79.9. The summed E-state index contributed by atoms with van der Waals surface area (Å²) in [5.41, 5.74) is 2.41. The molecule has 5 nitrogen and oxygen atoms in total. The second kappa shape index (κ2) is 8.71. The number of hydrogen-bond donors (Lipinski definition) is 1. The summed E-state index contributed by atoms with van der Waals surface area (Å²) in [7, 11) is 0. The molecule has 0 bridgehead atoms. The molecule has 0 radical (unpaired) electrons. The highest BCUT2D eigenvalue weighted by Gasteiger charge is 2.13. The number of aryl methyl sites for hydroxylation is 1. The van der Waals surface area contributed by atoms with Gasteiger partial charge in [0.25, 0.3) is 5.56 Å². The molecule has 0 aliphatic carbocycles. The second-order valence-corrected chi connectivity index (χ2v) is 8.08.